The van der Waals surface area contributed by atoms with Gasteiger partial charge >= 0.3 is 5.97 Å². The number of halogens is 1. The van der Waals surface area contributed by atoms with Crippen molar-refractivity contribution >= 4 is 23.3 Å². The van der Waals surface area contributed by atoms with Gasteiger partial charge in [-0.3, -0.25) is 0 Å². The fraction of sp³-hybridized carbons (Fsp3) is 0.562. The van der Waals surface area contributed by atoms with Crippen molar-refractivity contribution in [3.63, 3.8) is 0 Å². The molecule has 0 aromatic heterocycles. The van der Waals surface area contributed by atoms with Crippen LogP contribution in [-0.2, 0) is 4.74 Å². The first-order chi connectivity index (χ1) is 10.0. The van der Waals surface area contributed by atoms with Crippen LogP contribution in [0.2, 0.25) is 5.02 Å². The van der Waals surface area contributed by atoms with Crippen LogP contribution in [0.4, 0.5) is 5.69 Å². The lowest BCUT2D eigenvalue weighted by molar-refractivity contribution is 0.0515. The lowest BCUT2D eigenvalue weighted by Crippen LogP contribution is -2.24. The molecule has 116 valence electrons. The average Bonchev–Trinajstić information content (AvgIpc) is 2.44. The van der Waals surface area contributed by atoms with Crippen LogP contribution in [0.5, 0.6) is 5.75 Å². The Labute approximate surface area is 130 Å². The normalized spacial score (nSPS) is 21.9. The summed E-state index contributed by atoms with van der Waals surface area (Å²) >= 11 is 6.21. The molecule has 0 heterocycles. The Hall–Kier alpha value is -1.42. The molecule has 1 fully saturated rings. The summed E-state index contributed by atoms with van der Waals surface area (Å²) in [5, 5.41) is 0.358. The molecule has 1 aliphatic rings. The van der Waals surface area contributed by atoms with Gasteiger partial charge in [0.25, 0.3) is 0 Å². The van der Waals surface area contributed by atoms with E-state index in [1.54, 1.807) is 19.1 Å². The van der Waals surface area contributed by atoms with E-state index in [1.165, 1.54) is 0 Å². The summed E-state index contributed by atoms with van der Waals surface area (Å²) in [6.07, 6.45) is 4.31. The van der Waals surface area contributed by atoms with E-state index in [1.807, 2.05) is 0 Å². The first-order valence-corrected chi connectivity index (χ1v) is 7.81. The number of nitrogens with two attached hydrogens (primary N) is 1. The lowest BCUT2D eigenvalue weighted by Gasteiger charge is -2.28. The highest BCUT2D eigenvalue weighted by Crippen LogP contribution is 2.35. The minimum atomic E-state index is -0.453. The van der Waals surface area contributed by atoms with Crippen LogP contribution >= 0.6 is 11.6 Å². The van der Waals surface area contributed by atoms with Gasteiger partial charge in [0.2, 0.25) is 0 Å². The molecular weight excluding hydrogens is 290 g/mol. The Kier molecular flexibility index (Phi) is 5.34. The third-order valence-electron chi connectivity index (χ3n) is 3.81. The van der Waals surface area contributed by atoms with Crippen molar-refractivity contribution in [1.82, 2.24) is 0 Å². The summed E-state index contributed by atoms with van der Waals surface area (Å²) < 4.78 is 11.1. The topological polar surface area (TPSA) is 61.5 Å². The Morgan fingerprint density at radius 3 is 2.62 bits per heavy atom. The van der Waals surface area contributed by atoms with Crippen LogP contribution < -0.4 is 10.5 Å². The molecule has 0 radical (unpaired) electrons. The van der Waals surface area contributed by atoms with Crippen LogP contribution in [-0.4, -0.2) is 18.7 Å². The molecule has 4 nitrogen and oxygen atoms in total. The second-order valence-corrected chi connectivity index (χ2v) is 6.01. The van der Waals surface area contributed by atoms with Crippen molar-refractivity contribution in [2.45, 2.75) is 45.6 Å². The van der Waals surface area contributed by atoms with Gasteiger partial charge in [0.1, 0.15) is 5.56 Å². The molecule has 1 aliphatic carbocycles. The van der Waals surface area contributed by atoms with Crippen LogP contribution in [0.25, 0.3) is 0 Å². The van der Waals surface area contributed by atoms with Crippen molar-refractivity contribution in [2.24, 2.45) is 5.92 Å². The Morgan fingerprint density at radius 1 is 1.33 bits per heavy atom. The highest BCUT2D eigenvalue weighted by Gasteiger charge is 2.24. The number of benzene rings is 1. The zero-order chi connectivity index (χ0) is 15.4. The van der Waals surface area contributed by atoms with Crippen molar-refractivity contribution in [2.75, 3.05) is 12.3 Å². The van der Waals surface area contributed by atoms with Gasteiger partial charge in [-0.15, -0.1) is 0 Å². The van der Waals surface area contributed by atoms with E-state index in [9.17, 15) is 4.79 Å². The number of carbonyl (C=O) groups is 1. The fourth-order valence-electron chi connectivity index (χ4n) is 2.61. The minimum absolute atomic E-state index is 0.0931. The molecule has 1 saturated carbocycles. The molecule has 0 aliphatic heterocycles. The SMILES string of the molecule is CCOC(=O)c1cc(N)cc(Cl)c1OC1CCC(C)CC1. The summed E-state index contributed by atoms with van der Waals surface area (Å²) in [5.74, 6) is 0.672. The second-order valence-electron chi connectivity index (χ2n) is 5.60. The van der Waals surface area contributed by atoms with Gasteiger partial charge < -0.3 is 15.2 Å². The third-order valence-corrected chi connectivity index (χ3v) is 4.09. The number of anilines is 1. The van der Waals surface area contributed by atoms with Gasteiger partial charge in [0.05, 0.1) is 17.7 Å². The molecular formula is C16H22ClNO3. The Balaban J connectivity index is 2.22. The van der Waals surface area contributed by atoms with E-state index in [0.29, 0.717) is 28.6 Å². The Bertz CT molecular complexity index is 510. The molecule has 5 heteroatoms. The van der Waals surface area contributed by atoms with Crippen molar-refractivity contribution in [3.05, 3.63) is 22.7 Å². The smallest absolute Gasteiger partial charge is 0.342 e. The molecule has 1 aromatic rings. The molecule has 0 atom stereocenters. The van der Waals surface area contributed by atoms with E-state index >= 15 is 0 Å². The van der Waals surface area contributed by atoms with Gasteiger partial charge in [0.15, 0.2) is 5.75 Å². The van der Waals surface area contributed by atoms with Crippen LogP contribution in [0.3, 0.4) is 0 Å². The van der Waals surface area contributed by atoms with Crippen molar-refractivity contribution in [3.8, 4) is 5.75 Å². The van der Waals surface area contributed by atoms with E-state index in [-0.39, 0.29) is 6.10 Å². The quantitative estimate of drug-likeness (QED) is 0.673. The summed E-state index contributed by atoms with van der Waals surface area (Å²) in [4.78, 5) is 12.0. The van der Waals surface area contributed by atoms with E-state index in [2.05, 4.69) is 6.92 Å². The maximum absolute atomic E-state index is 12.0. The number of hydrogen-bond donors (Lipinski definition) is 1. The predicted molar refractivity (Wildman–Crippen MR) is 83.9 cm³/mol. The first-order valence-electron chi connectivity index (χ1n) is 7.44. The summed E-state index contributed by atoms with van der Waals surface area (Å²) in [5.41, 5.74) is 6.50. The lowest BCUT2D eigenvalue weighted by atomic mass is 9.89. The molecule has 0 bridgehead atoms. The monoisotopic (exact) mass is 311 g/mol. The maximum atomic E-state index is 12.0. The summed E-state index contributed by atoms with van der Waals surface area (Å²) in [7, 11) is 0. The Morgan fingerprint density at radius 2 is 2.00 bits per heavy atom. The molecule has 0 spiro atoms. The number of hydrogen-bond acceptors (Lipinski definition) is 4. The highest BCUT2D eigenvalue weighted by molar-refractivity contribution is 6.33. The zero-order valence-electron chi connectivity index (χ0n) is 12.5. The summed E-state index contributed by atoms with van der Waals surface area (Å²) in [6, 6.07) is 3.16. The zero-order valence-corrected chi connectivity index (χ0v) is 13.3. The third kappa shape index (κ3) is 4.03. The largest absolute Gasteiger partial charge is 0.488 e. The maximum Gasteiger partial charge on any atom is 0.342 e. The van der Waals surface area contributed by atoms with E-state index in [4.69, 9.17) is 26.8 Å². The standard InChI is InChI=1S/C16H22ClNO3/c1-3-20-16(19)13-8-11(18)9-14(17)15(13)21-12-6-4-10(2)5-7-12/h8-10,12H,3-7,18H2,1-2H3. The van der Waals surface area contributed by atoms with E-state index < -0.39 is 5.97 Å². The number of ether oxygens (including phenoxy) is 2. The number of esters is 1. The highest BCUT2D eigenvalue weighted by atomic mass is 35.5. The van der Waals surface area contributed by atoms with Gasteiger partial charge in [0, 0.05) is 5.69 Å². The fourth-order valence-corrected chi connectivity index (χ4v) is 2.88. The average molecular weight is 312 g/mol. The first kappa shape index (κ1) is 16.0. The van der Waals surface area contributed by atoms with Crippen LogP contribution in [0.15, 0.2) is 12.1 Å². The van der Waals surface area contributed by atoms with Crippen molar-refractivity contribution in [1.29, 1.82) is 0 Å². The van der Waals surface area contributed by atoms with Gasteiger partial charge in [-0.2, -0.15) is 0 Å². The van der Waals surface area contributed by atoms with Gasteiger partial charge in [-0.25, -0.2) is 4.79 Å². The van der Waals surface area contributed by atoms with Crippen LogP contribution in [0.1, 0.15) is 49.9 Å². The van der Waals surface area contributed by atoms with Gasteiger partial charge in [-0.05, 0) is 50.7 Å². The molecule has 2 rings (SSSR count). The minimum Gasteiger partial charge on any atom is -0.488 e. The predicted octanol–water partition coefficient (Wildman–Crippen LogP) is 4.06. The molecule has 21 heavy (non-hydrogen) atoms. The summed E-state index contributed by atoms with van der Waals surface area (Å²) in [6.45, 7) is 4.30. The second kappa shape index (κ2) is 7.03. The van der Waals surface area contributed by atoms with Crippen LogP contribution in [0, 0.1) is 5.92 Å². The molecule has 0 unspecified atom stereocenters. The van der Waals surface area contributed by atoms with Crippen molar-refractivity contribution < 1.29 is 14.3 Å². The number of nitrogen functional groups attached to an aromatic ring is 1. The molecule has 2 N–H and O–H groups in total. The molecule has 0 saturated heterocycles. The van der Waals surface area contributed by atoms with E-state index in [0.717, 1.165) is 31.6 Å². The van der Waals surface area contributed by atoms with Gasteiger partial charge in [-0.1, -0.05) is 18.5 Å². The molecule has 1 aromatic carbocycles. The molecule has 0 amide bonds. The number of rotatable bonds is 4. The number of carbonyl (C=O) groups excluding carboxylic acids is 1.